The van der Waals surface area contributed by atoms with Crippen molar-refractivity contribution < 1.29 is 4.79 Å². The maximum atomic E-state index is 10.5. The predicted octanol–water partition coefficient (Wildman–Crippen LogP) is 3.29. The van der Waals surface area contributed by atoms with Crippen molar-refractivity contribution in [2.45, 2.75) is 34.1 Å². The van der Waals surface area contributed by atoms with Gasteiger partial charge < -0.3 is 4.79 Å². The third-order valence-corrected chi connectivity index (χ3v) is 2.55. The molecular weight excluding hydrogens is 204 g/mol. The van der Waals surface area contributed by atoms with E-state index in [2.05, 4.69) is 15.9 Å². The van der Waals surface area contributed by atoms with Crippen LogP contribution in [0.1, 0.15) is 34.1 Å². The van der Waals surface area contributed by atoms with Crippen molar-refractivity contribution in [3.05, 3.63) is 10.1 Å². The molecule has 0 radical (unpaired) electrons. The molecule has 2 heteroatoms. The summed E-state index contributed by atoms with van der Waals surface area (Å²) in [6.45, 7) is 7.93. The maximum absolute atomic E-state index is 10.5. The van der Waals surface area contributed by atoms with Crippen LogP contribution in [0.15, 0.2) is 10.1 Å². The van der Waals surface area contributed by atoms with Crippen molar-refractivity contribution in [1.82, 2.24) is 0 Å². The highest BCUT2D eigenvalue weighted by Crippen LogP contribution is 2.27. The van der Waals surface area contributed by atoms with E-state index in [4.69, 9.17) is 0 Å². The summed E-state index contributed by atoms with van der Waals surface area (Å²) in [5.74, 6) is 0. The normalized spacial score (nSPS) is 11.0. The summed E-state index contributed by atoms with van der Waals surface area (Å²) in [6.07, 6.45) is 1.79. The lowest BCUT2D eigenvalue weighted by atomic mass is 9.91. The van der Waals surface area contributed by atoms with Crippen molar-refractivity contribution >= 4 is 22.2 Å². The molecule has 0 aromatic heterocycles. The summed E-state index contributed by atoms with van der Waals surface area (Å²) < 4.78 is 1.13. The number of allylic oxidation sites excluding steroid dienone is 2. The Labute approximate surface area is 77.0 Å². The third-order valence-electron chi connectivity index (χ3n) is 1.47. The van der Waals surface area contributed by atoms with Crippen LogP contribution in [0.25, 0.3) is 0 Å². The van der Waals surface area contributed by atoms with Gasteiger partial charge in [-0.2, -0.15) is 0 Å². The average molecular weight is 219 g/mol. The third kappa shape index (κ3) is 4.35. The molecular formula is C9H15BrO. The van der Waals surface area contributed by atoms with E-state index in [9.17, 15) is 4.79 Å². The molecule has 0 aliphatic rings. The van der Waals surface area contributed by atoms with Gasteiger partial charge in [0.25, 0.3) is 0 Å². The molecule has 0 aliphatic heterocycles. The van der Waals surface area contributed by atoms with Crippen molar-refractivity contribution in [2.75, 3.05) is 0 Å². The smallest absolute Gasteiger partial charge is 0.125 e. The minimum Gasteiger partial charge on any atom is -0.303 e. The lowest BCUT2D eigenvalue weighted by Crippen LogP contribution is -2.12. The van der Waals surface area contributed by atoms with Gasteiger partial charge in [-0.1, -0.05) is 35.4 Å². The van der Waals surface area contributed by atoms with Gasteiger partial charge in [-0.3, -0.25) is 0 Å². The highest BCUT2D eigenvalue weighted by molar-refractivity contribution is 9.11. The number of carbonyl (C=O) groups excluding carboxylic acids is 1. The molecule has 0 N–H and O–H groups in total. The van der Waals surface area contributed by atoms with E-state index >= 15 is 0 Å². The molecule has 0 fully saturated rings. The molecule has 0 amide bonds. The van der Waals surface area contributed by atoms with E-state index in [1.807, 2.05) is 27.7 Å². The van der Waals surface area contributed by atoms with Crippen molar-refractivity contribution in [3.63, 3.8) is 0 Å². The molecule has 1 nitrogen and oxygen atoms in total. The summed E-state index contributed by atoms with van der Waals surface area (Å²) >= 11 is 3.44. The van der Waals surface area contributed by atoms with Gasteiger partial charge in [0.05, 0.1) is 0 Å². The molecule has 11 heavy (non-hydrogen) atoms. The standard InChI is InChI=1S/C9H15BrO/c1-7(2)8(10)5-9(3,4)6-11/h6H,5H2,1-4H3. The van der Waals surface area contributed by atoms with Crippen LogP contribution >= 0.6 is 15.9 Å². The van der Waals surface area contributed by atoms with Crippen LogP contribution in [0.5, 0.6) is 0 Å². The minimum absolute atomic E-state index is 0.240. The molecule has 0 saturated carbocycles. The highest BCUT2D eigenvalue weighted by atomic mass is 79.9. The Morgan fingerprint density at radius 1 is 1.45 bits per heavy atom. The Morgan fingerprint density at radius 3 is 2.18 bits per heavy atom. The molecule has 0 aromatic carbocycles. The van der Waals surface area contributed by atoms with E-state index < -0.39 is 0 Å². The average Bonchev–Trinajstić information content (AvgIpc) is 1.87. The molecule has 0 rings (SSSR count). The summed E-state index contributed by atoms with van der Waals surface area (Å²) in [5, 5.41) is 0. The van der Waals surface area contributed by atoms with Gasteiger partial charge in [0, 0.05) is 5.41 Å². The molecule has 0 heterocycles. The fourth-order valence-electron chi connectivity index (χ4n) is 0.618. The summed E-state index contributed by atoms with van der Waals surface area (Å²) in [5.41, 5.74) is 0.996. The number of hydrogen-bond acceptors (Lipinski definition) is 1. The number of rotatable bonds is 3. The Morgan fingerprint density at radius 2 is 1.91 bits per heavy atom. The topological polar surface area (TPSA) is 17.1 Å². The first kappa shape index (κ1) is 10.9. The first-order valence-corrected chi connectivity index (χ1v) is 4.46. The quantitative estimate of drug-likeness (QED) is 0.665. The number of aldehydes is 1. The van der Waals surface area contributed by atoms with Crippen LogP contribution in [-0.2, 0) is 4.79 Å². The van der Waals surface area contributed by atoms with E-state index in [0.29, 0.717) is 0 Å². The highest BCUT2D eigenvalue weighted by Gasteiger charge is 2.17. The number of hydrogen-bond donors (Lipinski definition) is 0. The lowest BCUT2D eigenvalue weighted by Gasteiger charge is -2.16. The zero-order valence-corrected chi connectivity index (χ0v) is 9.16. The summed E-state index contributed by atoms with van der Waals surface area (Å²) in [6, 6.07) is 0. The fraction of sp³-hybridized carbons (Fsp3) is 0.667. The molecule has 0 unspecified atom stereocenters. The Kier molecular flexibility index (Phi) is 4.01. The Balaban J connectivity index is 4.27. The van der Waals surface area contributed by atoms with E-state index in [1.165, 1.54) is 5.57 Å². The summed E-state index contributed by atoms with van der Waals surface area (Å²) in [7, 11) is 0. The Hall–Kier alpha value is -0.110. The fourth-order valence-corrected chi connectivity index (χ4v) is 1.34. The molecule has 0 bridgehead atoms. The molecule has 0 saturated heterocycles. The van der Waals surface area contributed by atoms with Crippen LogP contribution in [0.3, 0.4) is 0 Å². The van der Waals surface area contributed by atoms with Gasteiger partial charge >= 0.3 is 0 Å². The number of halogens is 1. The van der Waals surface area contributed by atoms with Gasteiger partial charge in [0.15, 0.2) is 0 Å². The van der Waals surface area contributed by atoms with Crippen LogP contribution in [0.4, 0.5) is 0 Å². The van der Waals surface area contributed by atoms with Gasteiger partial charge in [-0.15, -0.1) is 0 Å². The lowest BCUT2D eigenvalue weighted by molar-refractivity contribution is -0.114. The molecule has 64 valence electrons. The van der Waals surface area contributed by atoms with Crippen molar-refractivity contribution in [3.8, 4) is 0 Å². The second kappa shape index (κ2) is 4.05. The second-order valence-electron chi connectivity index (χ2n) is 3.69. The maximum Gasteiger partial charge on any atom is 0.125 e. The molecule has 0 spiro atoms. The SMILES string of the molecule is CC(C)=C(Br)CC(C)(C)C=O. The largest absolute Gasteiger partial charge is 0.303 e. The molecule has 0 aromatic rings. The monoisotopic (exact) mass is 218 g/mol. The molecule has 0 aliphatic carbocycles. The first-order chi connectivity index (χ1) is 4.89. The van der Waals surface area contributed by atoms with Gasteiger partial charge in [0.2, 0.25) is 0 Å². The Bertz CT molecular complexity index is 176. The van der Waals surface area contributed by atoms with Crippen LogP contribution in [-0.4, -0.2) is 6.29 Å². The number of carbonyl (C=O) groups is 1. The van der Waals surface area contributed by atoms with E-state index in [1.54, 1.807) is 0 Å². The first-order valence-electron chi connectivity index (χ1n) is 3.67. The van der Waals surface area contributed by atoms with Crippen molar-refractivity contribution in [2.24, 2.45) is 5.41 Å². The zero-order chi connectivity index (χ0) is 9.07. The van der Waals surface area contributed by atoms with Crippen molar-refractivity contribution in [1.29, 1.82) is 0 Å². The van der Waals surface area contributed by atoms with Crippen LogP contribution < -0.4 is 0 Å². The van der Waals surface area contributed by atoms with Gasteiger partial charge in [-0.05, 0) is 24.8 Å². The van der Waals surface area contributed by atoms with E-state index in [-0.39, 0.29) is 5.41 Å². The molecule has 0 atom stereocenters. The van der Waals surface area contributed by atoms with Gasteiger partial charge in [0.1, 0.15) is 6.29 Å². The zero-order valence-electron chi connectivity index (χ0n) is 7.57. The van der Waals surface area contributed by atoms with Gasteiger partial charge in [-0.25, -0.2) is 0 Å². The van der Waals surface area contributed by atoms with Crippen LogP contribution in [0.2, 0.25) is 0 Å². The predicted molar refractivity (Wildman–Crippen MR) is 51.8 cm³/mol. The second-order valence-corrected chi connectivity index (χ2v) is 4.65. The van der Waals surface area contributed by atoms with Crippen LogP contribution in [0, 0.1) is 5.41 Å². The summed E-state index contributed by atoms with van der Waals surface area (Å²) in [4.78, 5) is 10.5. The minimum atomic E-state index is -0.240. The van der Waals surface area contributed by atoms with E-state index in [0.717, 1.165) is 17.2 Å².